The minimum Gasteiger partial charge on any atom is -0.364 e. The van der Waals surface area contributed by atoms with Crippen molar-refractivity contribution in [1.29, 1.82) is 0 Å². The van der Waals surface area contributed by atoms with E-state index < -0.39 is 0 Å². The molecule has 3 aromatic rings. The average Bonchev–Trinajstić information content (AvgIpc) is 2.89. The molecule has 0 aliphatic carbocycles. The fourth-order valence-electron chi connectivity index (χ4n) is 2.31. The molecule has 102 valence electrons. The number of hydrogen-bond acceptors (Lipinski definition) is 4. The third-order valence-electron chi connectivity index (χ3n) is 3.26. The van der Waals surface area contributed by atoms with Crippen LogP contribution in [-0.4, -0.2) is 16.7 Å². The van der Waals surface area contributed by atoms with Crippen LogP contribution in [0.1, 0.15) is 11.9 Å². The van der Waals surface area contributed by atoms with Gasteiger partial charge >= 0.3 is 0 Å². The van der Waals surface area contributed by atoms with Crippen LogP contribution in [0, 0.1) is 0 Å². The molecule has 20 heavy (non-hydrogen) atoms. The van der Waals surface area contributed by atoms with E-state index in [0.717, 1.165) is 18.1 Å². The van der Waals surface area contributed by atoms with Crippen molar-refractivity contribution >= 4 is 39.4 Å². The summed E-state index contributed by atoms with van der Waals surface area (Å²) in [4.78, 5) is 2.29. The van der Waals surface area contributed by atoms with Crippen molar-refractivity contribution < 1.29 is 0 Å². The number of halogens is 1. The van der Waals surface area contributed by atoms with E-state index in [1.165, 1.54) is 27.8 Å². The Morgan fingerprint density at radius 1 is 1.10 bits per heavy atom. The number of aromatic nitrogens is 2. The van der Waals surface area contributed by atoms with E-state index in [0.29, 0.717) is 4.47 Å². The zero-order valence-electron chi connectivity index (χ0n) is 11.1. The van der Waals surface area contributed by atoms with E-state index in [2.05, 4.69) is 64.5 Å². The van der Waals surface area contributed by atoms with E-state index in [9.17, 15) is 0 Å². The molecule has 0 aliphatic heterocycles. The monoisotopic (exact) mass is 303 g/mol. The lowest BCUT2D eigenvalue weighted by Crippen LogP contribution is -2.22. The molecule has 1 aromatic heterocycles. The second-order valence-corrected chi connectivity index (χ2v) is 6.11. The largest absolute Gasteiger partial charge is 0.364 e. The van der Waals surface area contributed by atoms with Gasteiger partial charge in [0.25, 0.3) is 0 Å². The van der Waals surface area contributed by atoms with Gasteiger partial charge in [-0.15, -0.1) is 10.2 Å². The highest BCUT2D eigenvalue weighted by atomic mass is 35.5. The van der Waals surface area contributed by atoms with Crippen LogP contribution in [0.2, 0.25) is 4.47 Å². The lowest BCUT2D eigenvalue weighted by atomic mass is 10.1. The number of rotatable bonds is 4. The molecule has 1 heterocycles. The maximum absolute atomic E-state index is 5.85. The van der Waals surface area contributed by atoms with Gasteiger partial charge in [-0.3, -0.25) is 0 Å². The molecule has 0 amide bonds. The molecule has 0 unspecified atom stereocenters. The summed E-state index contributed by atoms with van der Waals surface area (Å²) in [5.41, 5.74) is 1.22. The highest BCUT2D eigenvalue weighted by Gasteiger charge is 2.11. The topological polar surface area (TPSA) is 29.0 Å². The van der Waals surface area contributed by atoms with Gasteiger partial charge in [-0.05, 0) is 30.0 Å². The zero-order valence-corrected chi connectivity index (χ0v) is 12.7. The van der Waals surface area contributed by atoms with Crippen LogP contribution >= 0.6 is 22.9 Å². The molecule has 0 spiro atoms. The van der Waals surface area contributed by atoms with Gasteiger partial charge in [0.05, 0.1) is 6.54 Å². The third-order valence-corrected chi connectivity index (χ3v) is 4.26. The van der Waals surface area contributed by atoms with Gasteiger partial charge in [-0.1, -0.05) is 47.7 Å². The summed E-state index contributed by atoms with van der Waals surface area (Å²) in [5.74, 6) is 0. The Kier molecular flexibility index (Phi) is 3.85. The molecule has 0 aliphatic rings. The van der Waals surface area contributed by atoms with Crippen LogP contribution in [-0.2, 0) is 6.54 Å². The molecule has 3 nitrogen and oxygen atoms in total. The van der Waals surface area contributed by atoms with Gasteiger partial charge in [0.15, 0.2) is 0 Å². The van der Waals surface area contributed by atoms with Crippen LogP contribution in [0.25, 0.3) is 10.8 Å². The van der Waals surface area contributed by atoms with Crippen molar-refractivity contribution in [2.75, 3.05) is 11.4 Å². The van der Waals surface area contributed by atoms with Crippen LogP contribution in [0.4, 0.5) is 5.69 Å². The predicted molar refractivity (Wildman–Crippen MR) is 85.6 cm³/mol. The van der Waals surface area contributed by atoms with Crippen molar-refractivity contribution in [2.45, 2.75) is 13.5 Å². The van der Waals surface area contributed by atoms with Crippen molar-refractivity contribution in [3.05, 3.63) is 51.9 Å². The number of benzene rings is 2. The SMILES string of the molecule is CCN(Cc1nnc(Cl)s1)c1cccc2ccccc12. The molecular formula is C15H14ClN3S. The Hall–Kier alpha value is -1.65. The highest BCUT2D eigenvalue weighted by Crippen LogP contribution is 2.28. The van der Waals surface area contributed by atoms with Crippen LogP contribution in [0.5, 0.6) is 0 Å². The molecule has 5 heteroatoms. The van der Waals surface area contributed by atoms with E-state index in [4.69, 9.17) is 11.6 Å². The van der Waals surface area contributed by atoms with Crippen molar-refractivity contribution in [1.82, 2.24) is 10.2 Å². The summed E-state index contributed by atoms with van der Waals surface area (Å²) in [5, 5.41) is 11.4. The standard InChI is InChI=1S/C15H14ClN3S/c1-2-19(10-14-17-18-15(16)20-14)13-9-5-7-11-6-3-4-8-12(11)13/h3-9H,2,10H2,1H3. The van der Waals surface area contributed by atoms with E-state index >= 15 is 0 Å². The van der Waals surface area contributed by atoms with Crippen molar-refractivity contribution in [3.63, 3.8) is 0 Å². The molecule has 0 saturated carbocycles. The van der Waals surface area contributed by atoms with Gasteiger partial charge in [-0.25, -0.2) is 0 Å². The molecule has 0 fully saturated rings. The lowest BCUT2D eigenvalue weighted by molar-refractivity contribution is 0.815. The first-order valence-electron chi connectivity index (χ1n) is 6.48. The molecule has 3 rings (SSSR count). The number of hydrogen-bond donors (Lipinski definition) is 0. The summed E-state index contributed by atoms with van der Waals surface area (Å²) in [6, 6.07) is 14.8. The first-order valence-corrected chi connectivity index (χ1v) is 7.68. The predicted octanol–water partition coefficient (Wildman–Crippen LogP) is 4.37. The maximum Gasteiger partial charge on any atom is 0.207 e. The number of anilines is 1. The molecule has 0 bridgehead atoms. The summed E-state index contributed by atoms with van der Waals surface area (Å²) in [7, 11) is 0. The lowest BCUT2D eigenvalue weighted by Gasteiger charge is -2.23. The molecular weight excluding hydrogens is 290 g/mol. The minimum atomic E-state index is 0.494. The Balaban J connectivity index is 1.98. The van der Waals surface area contributed by atoms with Gasteiger partial charge < -0.3 is 4.90 Å². The Morgan fingerprint density at radius 3 is 2.65 bits per heavy atom. The van der Waals surface area contributed by atoms with Crippen molar-refractivity contribution in [3.8, 4) is 0 Å². The Labute approximate surface area is 126 Å². The average molecular weight is 304 g/mol. The second kappa shape index (κ2) is 5.77. The van der Waals surface area contributed by atoms with Crippen LogP contribution in [0.15, 0.2) is 42.5 Å². The Morgan fingerprint density at radius 2 is 1.90 bits per heavy atom. The molecule has 0 radical (unpaired) electrons. The van der Waals surface area contributed by atoms with Gasteiger partial charge in [0, 0.05) is 17.6 Å². The van der Waals surface area contributed by atoms with E-state index in [-0.39, 0.29) is 0 Å². The van der Waals surface area contributed by atoms with Crippen molar-refractivity contribution in [2.24, 2.45) is 0 Å². The first-order chi connectivity index (χ1) is 9.78. The summed E-state index contributed by atoms with van der Waals surface area (Å²) in [6.07, 6.45) is 0. The zero-order chi connectivity index (χ0) is 13.9. The summed E-state index contributed by atoms with van der Waals surface area (Å²) in [6.45, 7) is 3.78. The van der Waals surface area contributed by atoms with Gasteiger partial charge in [0.1, 0.15) is 5.01 Å². The number of nitrogens with zero attached hydrogens (tertiary/aromatic N) is 3. The minimum absolute atomic E-state index is 0.494. The van der Waals surface area contributed by atoms with Crippen LogP contribution in [0.3, 0.4) is 0 Å². The highest BCUT2D eigenvalue weighted by molar-refractivity contribution is 7.15. The molecule has 0 saturated heterocycles. The summed E-state index contributed by atoms with van der Waals surface area (Å²) < 4.78 is 0.494. The first kappa shape index (κ1) is 13.3. The van der Waals surface area contributed by atoms with E-state index in [1.54, 1.807) is 0 Å². The fraction of sp³-hybridized carbons (Fsp3) is 0.200. The van der Waals surface area contributed by atoms with Crippen LogP contribution < -0.4 is 4.90 Å². The summed E-state index contributed by atoms with van der Waals surface area (Å²) >= 11 is 7.29. The third kappa shape index (κ3) is 2.62. The quantitative estimate of drug-likeness (QED) is 0.716. The smallest absolute Gasteiger partial charge is 0.207 e. The fourth-order valence-corrected chi connectivity index (χ4v) is 3.19. The van der Waals surface area contributed by atoms with Gasteiger partial charge in [0.2, 0.25) is 4.47 Å². The van der Waals surface area contributed by atoms with Gasteiger partial charge in [-0.2, -0.15) is 0 Å². The van der Waals surface area contributed by atoms with E-state index in [1.807, 2.05) is 0 Å². The Bertz CT molecular complexity index is 720. The second-order valence-electron chi connectivity index (χ2n) is 4.46. The molecule has 0 atom stereocenters. The molecule has 2 aromatic carbocycles. The number of fused-ring (bicyclic) bond motifs is 1. The molecule has 0 N–H and O–H groups in total. The normalized spacial score (nSPS) is 10.9. The maximum atomic E-state index is 5.85.